The summed E-state index contributed by atoms with van der Waals surface area (Å²) >= 11 is 0. The number of amides is 4. The summed E-state index contributed by atoms with van der Waals surface area (Å²) in [5, 5.41) is 7.66. The van der Waals surface area contributed by atoms with Gasteiger partial charge in [0.05, 0.1) is 0 Å². The van der Waals surface area contributed by atoms with Crippen molar-refractivity contribution in [3.8, 4) is 0 Å². The van der Waals surface area contributed by atoms with Gasteiger partial charge in [0.2, 0.25) is 17.7 Å². The van der Waals surface area contributed by atoms with Crippen LogP contribution in [0.25, 0.3) is 5.73 Å². The third-order valence-corrected chi connectivity index (χ3v) is 4.37. The zero-order chi connectivity index (χ0) is 18.6. The molecule has 9 heteroatoms. The first-order valence-electron chi connectivity index (χ1n) is 8.14. The Kier molecular flexibility index (Phi) is 14.3. The van der Waals surface area contributed by atoms with Crippen LogP contribution in [-0.2, 0) is 40.2 Å². The van der Waals surface area contributed by atoms with Gasteiger partial charge in [-0.25, -0.2) is 0 Å². The van der Waals surface area contributed by atoms with E-state index in [0.29, 0.717) is 25.7 Å². The van der Waals surface area contributed by atoms with E-state index in [2.05, 4.69) is 16.0 Å². The zero-order valence-corrected chi connectivity index (χ0v) is 18.1. The summed E-state index contributed by atoms with van der Waals surface area (Å²) in [4.78, 5) is 45.9. The summed E-state index contributed by atoms with van der Waals surface area (Å²) in [6.45, 7) is 0. The average Bonchev–Trinajstić information content (AvgIpc) is 2.59. The molecule has 25 heavy (non-hydrogen) atoms. The van der Waals surface area contributed by atoms with Crippen LogP contribution in [0.4, 0.5) is 0 Å². The molecule has 144 valence electrons. The standard InChI is InChI=1S/C16H30N4O4.W/c1-18-13(22)5-9-16(8-4-12(17)21,10-6-14(23)19-2)11-7-15(24)20-3;/h4-11H2,1-3H3,(H5,17,18,19,20,21,22,23,24);/p-1. The van der Waals surface area contributed by atoms with Crippen LogP contribution in [0.15, 0.2) is 0 Å². The van der Waals surface area contributed by atoms with Crippen LogP contribution in [0.5, 0.6) is 0 Å². The first-order chi connectivity index (χ1) is 11.3. The molecule has 0 aliphatic heterocycles. The maximum Gasteiger partial charge on any atom is 0.219 e. The number of nitrogens with one attached hydrogen (secondary N) is 4. The second kappa shape index (κ2) is 13.8. The van der Waals surface area contributed by atoms with E-state index >= 15 is 0 Å². The summed E-state index contributed by atoms with van der Waals surface area (Å²) < 4.78 is 0. The number of carbonyl (C=O) groups excluding carboxylic acids is 4. The Hall–Kier alpha value is -1.43. The van der Waals surface area contributed by atoms with E-state index in [1.165, 1.54) is 0 Å². The third-order valence-electron chi connectivity index (χ3n) is 4.37. The zero-order valence-electron chi connectivity index (χ0n) is 15.2. The molecule has 4 N–H and O–H groups in total. The Morgan fingerprint density at radius 3 is 1.20 bits per heavy atom. The maximum absolute atomic E-state index is 11.6. The van der Waals surface area contributed by atoms with E-state index in [1.807, 2.05) is 0 Å². The van der Waals surface area contributed by atoms with E-state index in [4.69, 9.17) is 5.73 Å². The maximum atomic E-state index is 11.6. The Morgan fingerprint density at radius 1 is 0.680 bits per heavy atom. The number of hydrogen-bond donors (Lipinski definition) is 3. The summed E-state index contributed by atoms with van der Waals surface area (Å²) in [6, 6.07) is 0. The van der Waals surface area contributed by atoms with Crippen LogP contribution in [0, 0.1) is 5.41 Å². The Morgan fingerprint density at radius 2 is 0.960 bits per heavy atom. The van der Waals surface area contributed by atoms with Crippen molar-refractivity contribution >= 4 is 23.6 Å². The molecule has 8 nitrogen and oxygen atoms in total. The second-order valence-corrected chi connectivity index (χ2v) is 5.94. The number of rotatable bonds is 12. The van der Waals surface area contributed by atoms with Crippen molar-refractivity contribution in [1.29, 1.82) is 0 Å². The molecular weight excluding hydrogens is 496 g/mol. The van der Waals surface area contributed by atoms with Crippen molar-refractivity contribution in [3.63, 3.8) is 0 Å². The molecule has 0 saturated heterocycles. The molecule has 0 aromatic heterocycles. The Labute approximate surface area is 163 Å². The summed E-state index contributed by atoms with van der Waals surface area (Å²) in [6.07, 6.45) is 2.60. The quantitative estimate of drug-likeness (QED) is 0.350. The molecule has 4 amide bonds. The van der Waals surface area contributed by atoms with E-state index < -0.39 is 11.3 Å². The van der Waals surface area contributed by atoms with Crippen molar-refractivity contribution in [1.82, 2.24) is 16.0 Å². The van der Waals surface area contributed by atoms with Gasteiger partial charge in [-0.05, 0) is 37.5 Å². The van der Waals surface area contributed by atoms with Gasteiger partial charge < -0.3 is 26.5 Å². The SMILES string of the molecule is CNC(=O)CCC(CCC([NH-])=O)(CCC(=O)NC)CCC(=O)NC.[W]. The van der Waals surface area contributed by atoms with Crippen molar-refractivity contribution in [2.75, 3.05) is 21.1 Å². The van der Waals surface area contributed by atoms with E-state index in [0.717, 1.165) is 0 Å². The molecule has 0 rings (SSSR count). The van der Waals surface area contributed by atoms with E-state index in [-0.39, 0.29) is 64.5 Å². The van der Waals surface area contributed by atoms with Gasteiger partial charge >= 0.3 is 0 Å². The molecule has 0 aromatic rings. The molecule has 0 aliphatic carbocycles. The molecule has 0 unspecified atom stereocenters. The van der Waals surface area contributed by atoms with Crippen LogP contribution in [0.1, 0.15) is 51.4 Å². The average molecular weight is 525 g/mol. The van der Waals surface area contributed by atoms with Gasteiger partial charge in [0.1, 0.15) is 0 Å². The smallest absolute Gasteiger partial charge is 0.219 e. The van der Waals surface area contributed by atoms with Crippen molar-refractivity contribution < 1.29 is 40.2 Å². The van der Waals surface area contributed by atoms with Crippen LogP contribution >= 0.6 is 0 Å². The van der Waals surface area contributed by atoms with Gasteiger partial charge in [-0.15, -0.1) is 0 Å². The second-order valence-electron chi connectivity index (χ2n) is 5.94. The minimum Gasteiger partial charge on any atom is -0.668 e. The Balaban J connectivity index is 0. The molecule has 0 atom stereocenters. The molecule has 0 spiro atoms. The van der Waals surface area contributed by atoms with Crippen LogP contribution < -0.4 is 16.0 Å². The summed E-state index contributed by atoms with van der Waals surface area (Å²) in [5.74, 6) is -1.07. The molecule has 0 radical (unpaired) electrons. The van der Waals surface area contributed by atoms with Gasteiger partial charge in [-0.1, -0.05) is 0 Å². The van der Waals surface area contributed by atoms with Crippen LogP contribution in [-0.4, -0.2) is 44.8 Å². The Bertz CT molecular complexity index is 407. The first kappa shape index (κ1) is 25.8. The molecule has 0 aliphatic rings. The topological polar surface area (TPSA) is 128 Å². The van der Waals surface area contributed by atoms with Gasteiger partial charge in [-0.3, -0.25) is 14.4 Å². The fourth-order valence-corrected chi connectivity index (χ4v) is 2.64. The van der Waals surface area contributed by atoms with Crippen molar-refractivity contribution in [2.24, 2.45) is 5.41 Å². The van der Waals surface area contributed by atoms with Gasteiger partial charge in [-0.2, -0.15) is 0 Å². The number of hydrogen-bond acceptors (Lipinski definition) is 4. The fraction of sp³-hybridized carbons (Fsp3) is 0.750. The normalized spacial score (nSPS) is 10.4. The van der Waals surface area contributed by atoms with Gasteiger partial charge in [0.15, 0.2) is 0 Å². The third kappa shape index (κ3) is 11.7. The first-order valence-corrected chi connectivity index (χ1v) is 8.14. The summed E-state index contributed by atoms with van der Waals surface area (Å²) in [5.41, 5.74) is 6.64. The summed E-state index contributed by atoms with van der Waals surface area (Å²) in [7, 11) is 4.64. The van der Waals surface area contributed by atoms with E-state index in [9.17, 15) is 19.2 Å². The predicted octanol–water partition coefficient (Wildman–Crippen LogP) is 0.908. The molecule has 0 bridgehead atoms. The van der Waals surface area contributed by atoms with Crippen LogP contribution in [0.3, 0.4) is 0 Å². The van der Waals surface area contributed by atoms with Gasteiger partial charge in [0.25, 0.3) is 0 Å². The predicted molar refractivity (Wildman–Crippen MR) is 90.9 cm³/mol. The largest absolute Gasteiger partial charge is 0.668 e. The molecule has 0 fully saturated rings. The van der Waals surface area contributed by atoms with Crippen LogP contribution in [0.2, 0.25) is 0 Å². The number of carbonyl (C=O) groups is 4. The fourth-order valence-electron chi connectivity index (χ4n) is 2.64. The molecule has 0 saturated carbocycles. The van der Waals surface area contributed by atoms with Crippen molar-refractivity contribution in [3.05, 3.63) is 5.73 Å². The van der Waals surface area contributed by atoms with Crippen molar-refractivity contribution in [2.45, 2.75) is 51.4 Å². The van der Waals surface area contributed by atoms with Gasteiger partial charge in [0, 0.05) is 67.4 Å². The molecule has 0 heterocycles. The van der Waals surface area contributed by atoms with E-state index in [1.54, 1.807) is 21.1 Å². The molecular formula is C16H29N4O4W-. The minimum absolute atomic E-state index is 0. The monoisotopic (exact) mass is 525 g/mol. The molecule has 0 aromatic carbocycles. The minimum atomic E-state index is -0.681.